The molecule has 0 radical (unpaired) electrons. The maximum absolute atomic E-state index is 14.4. The Hall–Kier alpha value is -3.96. The number of hydrogen-bond donors (Lipinski definition) is 2. The van der Waals surface area contributed by atoms with E-state index in [1.807, 2.05) is 13.8 Å². The lowest BCUT2D eigenvalue weighted by molar-refractivity contribution is -0.140. The van der Waals surface area contributed by atoms with Crippen molar-refractivity contribution in [2.75, 3.05) is 19.0 Å². The third-order valence-corrected chi connectivity index (χ3v) is 5.80. The molecule has 4 rings (SSSR count). The quantitative estimate of drug-likeness (QED) is 0.459. The van der Waals surface area contributed by atoms with Gasteiger partial charge in [-0.1, -0.05) is 12.1 Å². The van der Waals surface area contributed by atoms with Gasteiger partial charge in [-0.25, -0.2) is 24.1 Å². The predicted molar refractivity (Wildman–Crippen MR) is 127 cm³/mol. The molecule has 0 bridgehead atoms. The van der Waals surface area contributed by atoms with Gasteiger partial charge in [0.1, 0.15) is 5.82 Å². The maximum atomic E-state index is 14.4. The molecule has 1 aliphatic heterocycles. The first-order chi connectivity index (χ1) is 17.5. The smallest absolute Gasteiger partial charge is 0.419 e. The summed E-state index contributed by atoms with van der Waals surface area (Å²) < 4.78 is 58.9. The lowest BCUT2D eigenvalue weighted by Crippen LogP contribution is -2.44. The Bertz CT molecular complexity index is 1280. The summed E-state index contributed by atoms with van der Waals surface area (Å²) in [5.74, 6) is -0.756. The number of amides is 2. The van der Waals surface area contributed by atoms with Crippen LogP contribution >= 0.6 is 0 Å². The van der Waals surface area contributed by atoms with Crippen LogP contribution in [-0.4, -0.2) is 45.6 Å². The van der Waals surface area contributed by atoms with Gasteiger partial charge in [0.05, 0.1) is 36.6 Å². The van der Waals surface area contributed by atoms with E-state index in [2.05, 4.69) is 25.6 Å². The molecule has 0 fully saturated rings. The van der Waals surface area contributed by atoms with Crippen molar-refractivity contribution in [3.05, 3.63) is 76.5 Å². The summed E-state index contributed by atoms with van der Waals surface area (Å²) in [4.78, 5) is 28.0. The van der Waals surface area contributed by atoms with E-state index in [1.165, 1.54) is 12.0 Å². The first kappa shape index (κ1) is 26.1. The zero-order chi connectivity index (χ0) is 26.7. The van der Waals surface area contributed by atoms with Crippen LogP contribution < -0.4 is 15.4 Å². The van der Waals surface area contributed by atoms with Crippen LogP contribution in [-0.2, 0) is 19.1 Å². The average Bonchev–Trinajstić information content (AvgIpc) is 2.85. The monoisotopic (exact) mass is 518 g/mol. The number of pyridine rings is 1. The number of benzene rings is 1. The van der Waals surface area contributed by atoms with Crippen molar-refractivity contribution in [1.82, 2.24) is 25.2 Å². The third-order valence-electron chi connectivity index (χ3n) is 5.80. The number of alkyl halides is 3. The van der Waals surface area contributed by atoms with Crippen LogP contribution in [0.15, 0.2) is 42.6 Å². The number of carbonyl (C=O) groups excluding carboxylic acids is 1. The molecule has 3 heterocycles. The minimum Gasteiger partial charge on any atom is -0.481 e. The summed E-state index contributed by atoms with van der Waals surface area (Å²) in [6.07, 6.45) is -2.58. The molecule has 2 aromatic heterocycles. The van der Waals surface area contributed by atoms with Crippen molar-refractivity contribution < 1.29 is 27.1 Å². The number of methoxy groups -OCH3 is 1. The highest BCUT2D eigenvalue weighted by Gasteiger charge is 2.35. The molecule has 8 nitrogen and oxygen atoms in total. The van der Waals surface area contributed by atoms with Gasteiger partial charge in [0.25, 0.3) is 0 Å². The van der Waals surface area contributed by atoms with Crippen LogP contribution in [0, 0.1) is 5.82 Å². The van der Waals surface area contributed by atoms with Crippen molar-refractivity contribution in [2.24, 2.45) is 0 Å². The van der Waals surface area contributed by atoms with Gasteiger partial charge in [0.2, 0.25) is 11.8 Å². The van der Waals surface area contributed by atoms with E-state index in [4.69, 9.17) is 4.74 Å². The standard InChI is InChI=1S/C25H26F4N6O2/c1-14(2)31-23-30-12-16-9-10-35(13-20(16)33-23)24(36)34-22(19-5-4-6-21(32-19)37-3)15-7-8-17(18(26)11-15)25(27,28)29/h4-8,11-12,14,22H,9-10,13H2,1-3H3,(H,34,36)(H,30,31,33)/t22-/m0/s1. The minimum atomic E-state index is -4.85. The summed E-state index contributed by atoms with van der Waals surface area (Å²) >= 11 is 0. The first-order valence-corrected chi connectivity index (χ1v) is 11.6. The van der Waals surface area contributed by atoms with Crippen molar-refractivity contribution in [1.29, 1.82) is 0 Å². The average molecular weight is 519 g/mol. The molecule has 0 aliphatic carbocycles. The van der Waals surface area contributed by atoms with Crippen LogP contribution in [0.2, 0.25) is 0 Å². The molecule has 196 valence electrons. The van der Waals surface area contributed by atoms with E-state index in [9.17, 15) is 22.4 Å². The Kier molecular flexibility index (Phi) is 7.46. The van der Waals surface area contributed by atoms with E-state index in [1.54, 1.807) is 24.4 Å². The number of carbonyl (C=O) groups is 1. The van der Waals surface area contributed by atoms with Gasteiger partial charge in [0.15, 0.2) is 0 Å². The van der Waals surface area contributed by atoms with Crippen LogP contribution in [0.3, 0.4) is 0 Å². The highest BCUT2D eigenvalue weighted by Crippen LogP contribution is 2.33. The lowest BCUT2D eigenvalue weighted by Gasteiger charge is -2.30. The fraction of sp³-hybridized carbons (Fsp3) is 0.360. The molecule has 37 heavy (non-hydrogen) atoms. The van der Waals surface area contributed by atoms with E-state index in [-0.39, 0.29) is 29.7 Å². The number of nitrogens with zero attached hydrogens (tertiary/aromatic N) is 4. The fourth-order valence-corrected chi connectivity index (χ4v) is 3.99. The Balaban J connectivity index is 1.62. The van der Waals surface area contributed by atoms with E-state index < -0.39 is 29.6 Å². The molecule has 0 unspecified atom stereocenters. The van der Waals surface area contributed by atoms with Gasteiger partial charge in [-0.3, -0.25) is 0 Å². The second-order valence-corrected chi connectivity index (χ2v) is 8.86. The van der Waals surface area contributed by atoms with Gasteiger partial charge in [-0.2, -0.15) is 13.2 Å². The van der Waals surface area contributed by atoms with Crippen LogP contribution in [0.1, 0.15) is 48.0 Å². The highest BCUT2D eigenvalue weighted by molar-refractivity contribution is 5.75. The SMILES string of the molecule is COc1cccc([C@@H](NC(=O)N2CCc3cnc(NC(C)C)nc3C2)c2ccc(C(F)(F)F)c(F)c2)n1. The van der Waals surface area contributed by atoms with E-state index in [0.29, 0.717) is 30.7 Å². The number of nitrogens with one attached hydrogen (secondary N) is 2. The van der Waals surface area contributed by atoms with Gasteiger partial charge >= 0.3 is 12.2 Å². The Morgan fingerprint density at radius 2 is 1.95 bits per heavy atom. The number of anilines is 1. The van der Waals surface area contributed by atoms with Crippen molar-refractivity contribution in [3.8, 4) is 5.88 Å². The van der Waals surface area contributed by atoms with E-state index in [0.717, 1.165) is 17.7 Å². The van der Waals surface area contributed by atoms with Gasteiger partial charge in [0, 0.05) is 24.8 Å². The Morgan fingerprint density at radius 3 is 2.62 bits per heavy atom. The number of fused-ring (bicyclic) bond motifs is 1. The molecule has 1 atom stereocenters. The molecule has 0 saturated heterocycles. The first-order valence-electron chi connectivity index (χ1n) is 11.6. The maximum Gasteiger partial charge on any atom is 0.419 e. The lowest BCUT2D eigenvalue weighted by atomic mass is 10.0. The molecular formula is C25H26F4N6O2. The van der Waals surface area contributed by atoms with Gasteiger partial charge < -0.3 is 20.3 Å². The highest BCUT2D eigenvalue weighted by atomic mass is 19.4. The number of aromatic nitrogens is 3. The number of urea groups is 1. The second-order valence-electron chi connectivity index (χ2n) is 8.86. The van der Waals surface area contributed by atoms with Crippen molar-refractivity contribution >= 4 is 12.0 Å². The summed E-state index contributed by atoms with van der Waals surface area (Å²) in [5.41, 5.74) is 0.598. The molecule has 2 amide bonds. The number of rotatable bonds is 6. The zero-order valence-corrected chi connectivity index (χ0v) is 20.4. The number of ether oxygens (including phenoxy) is 1. The van der Waals surface area contributed by atoms with Crippen LogP contribution in [0.4, 0.5) is 28.3 Å². The molecule has 12 heteroatoms. The molecular weight excluding hydrogens is 492 g/mol. The summed E-state index contributed by atoms with van der Waals surface area (Å²) in [5, 5.41) is 5.92. The van der Waals surface area contributed by atoms with Crippen LogP contribution in [0.5, 0.6) is 5.88 Å². The normalized spacial score (nSPS) is 14.2. The number of hydrogen-bond acceptors (Lipinski definition) is 6. The molecule has 1 aliphatic rings. The van der Waals surface area contributed by atoms with E-state index >= 15 is 0 Å². The fourth-order valence-electron chi connectivity index (χ4n) is 3.99. The Labute approximate surface area is 211 Å². The van der Waals surface area contributed by atoms with Crippen molar-refractivity contribution in [3.63, 3.8) is 0 Å². The van der Waals surface area contributed by atoms with Gasteiger partial charge in [-0.15, -0.1) is 0 Å². The third kappa shape index (κ3) is 6.07. The zero-order valence-electron chi connectivity index (χ0n) is 20.4. The summed E-state index contributed by atoms with van der Waals surface area (Å²) in [7, 11) is 1.41. The summed E-state index contributed by atoms with van der Waals surface area (Å²) in [6.45, 7) is 4.49. The summed E-state index contributed by atoms with van der Waals surface area (Å²) in [6, 6.07) is 5.91. The Morgan fingerprint density at radius 1 is 1.16 bits per heavy atom. The number of halogens is 4. The van der Waals surface area contributed by atoms with Crippen molar-refractivity contribution in [2.45, 2.75) is 45.1 Å². The molecule has 0 saturated carbocycles. The van der Waals surface area contributed by atoms with Gasteiger partial charge in [-0.05, 0) is 49.6 Å². The largest absolute Gasteiger partial charge is 0.481 e. The van der Waals surface area contributed by atoms with Crippen LogP contribution in [0.25, 0.3) is 0 Å². The second kappa shape index (κ2) is 10.6. The topological polar surface area (TPSA) is 92.3 Å². The molecule has 3 aromatic rings. The molecule has 0 spiro atoms. The minimum absolute atomic E-state index is 0.0998. The predicted octanol–water partition coefficient (Wildman–Crippen LogP) is 4.72. The molecule has 1 aromatic carbocycles. The molecule has 2 N–H and O–H groups in total.